The maximum Gasteiger partial charge on any atom is 0.261 e. The van der Waals surface area contributed by atoms with Crippen LogP contribution in [-0.4, -0.2) is 19.6 Å². The van der Waals surface area contributed by atoms with Crippen molar-refractivity contribution in [2.75, 3.05) is 4.72 Å². The van der Waals surface area contributed by atoms with Crippen LogP contribution in [0.5, 0.6) is 0 Å². The highest BCUT2D eigenvalue weighted by molar-refractivity contribution is 9.10. The molecule has 30 heavy (non-hydrogen) atoms. The fraction of sp³-hybridized carbons (Fsp3) is 0.0435. The standard InChI is InChI=1S/C23H18BrN3O2S/c1-16-7-10-20(11-8-16)30(28,29)27-21-12-9-19(24)14-18(21)15-26-22-6-2-4-17-5-3-13-25-23(17)22/h2-15,27H,1H3. The number of aliphatic imine (C=N–C) groups is 1. The van der Waals surface area contributed by atoms with Gasteiger partial charge in [0, 0.05) is 27.8 Å². The first-order chi connectivity index (χ1) is 14.4. The molecule has 0 aliphatic heterocycles. The summed E-state index contributed by atoms with van der Waals surface area (Å²) >= 11 is 3.44. The van der Waals surface area contributed by atoms with Gasteiger partial charge < -0.3 is 0 Å². The lowest BCUT2D eigenvalue weighted by molar-refractivity contribution is 0.601. The molecular weight excluding hydrogens is 462 g/mol. The number of rotatable bonds is 5. The summed E-state index contributed by atoms with van der Waals surface area (Å²) in [6.45, 7) is 1.91. The normalized spacial score (nSPS) is 11.8. The van der Waals surface area contributed by atoms with Gasteiger partial charge in [-0.15, -0.1) is 0 Å². The minimum Gasteiger partial charge on any atom is -0.279 e. The highest BCUT2D eigenvalue weighted by Gasteiger charge is 2.15. The molecule has 0 radical (unpaired) electrons. The monoisotopic (exact) mass is 479 g/mol. The van der Waals surface area contributed by atoms with Gasteiger partial charge in [-0.05, 0) is 49.4 Å². The van der Waals surface area contributed by atoms with Gasteiger partial charge in [-0.1, -0.05) is 51.8 Å². The van der Waals surface area contributed by atoms with Crippen molar-refractivity contribution in [1.29, 1.82) is 0 Å². The van der Waals surface area contributed by atoms with Gasteiger partial charge in [0.2, 0.25) is 0 Å². The predicted octanol–water partition coefficient (Wildman–Crippen LogP) is 5.86. The van der Waals surface area contributed by atoms with E-state index in [1.165, 1.54) is 0 Å². The summed E-state index contributed by atoms with van der Waals surface area (Å²) in [5.74, 6) is 0. The molecule has 0 fully saturated rings. The molecule has 0 atom stereocenters. The van der Waals surface area contributed by atoms with Crippen LogP contribution in [0.2, 0.25) is 0 Å². The van der Waals surface area contributed by atoms with Crippen LogP contribution in [0.4, 0.5) is 11.4 Å². The average Bonchev–Trinajstić information content (AvgIpc) is 2.74. The third-order valence-corrected chi connectivity index (χ3v) is 6.42. The number of halogens is 1. The molecule has 0 saturated carbocycles. The molecule has 0 bridgehead atoms. The highest BCUT2D eigenvalue weighted by atomic mass is 79.9. The van der Waals surface area contributed by atoms with E-state index in [2.05, 4.69) is 30.6 Å². The number of para-hydroxylation sites is 1. The topological polar surface area (TPSA) is 71.4 Å². The van der Waals surface area contributed by atoms with E-state index in [0.717, 1.165) is 20.9 Å². The molecule has 0 amide bonds. The summed E-state index contributed by atoms with van der Waals surface area (Å²) in [5.41, 5.74) is 3.56. The van der Waals surface area contributed by atoms with Gasteiger partial charge in [-0.3, -0.25) is 14.7 Å². The van der Waals surface area contributed by atoms with E-state index in [1.54, 1.807) is 48.8 Å². The Labute approximate surface area is 183 Å². The maximum absolute atomic E-state index is 12.8. The number of nitrogens with zero attached hydrogens (tertiary/aromatic N) is 2. The Kier molecular flexibility index (Phi) is 5.65. The highest BCUT2D eigenvalue weighted by Crippen LogP contribution is 2.26. The second-order valence-electron chi connectivity index (χ2n) is 6.76. The molecule has 0 aliphatic carbocycles. The lowest BCUT2D eigenvalue weighted by Gasteiger charge is -2.11. The van der Waals surface area contributed by atoms with Crippen LogP contribution < -0.4 is 4.72 Å². The molecule has 1 heterocycles. The second kappa shape index (κ2) is 8.38. The van der Waals surface area contributed by atoms with E-state index < -0.39 is 10.0 Å². The molecular formula is C23H18BrN3O2S. The number of nitrogens with one attached hydrogen (secondary N) is 1. The first kappa shape index (κ1) is 20.3. The predicted molar refractivity (Wildman–Crippen MR) is 125 cm³/mol. The van der Waals surface area contributed by atoms with Crippen LogP contribution in [-0.2, 0) is 10.0 Å². The van der Waals surface area contributed by atoms with Crippen LogP contribution in [0.15, 0.2) is 93.4 Å². The van der Waals surface area contributed by atoms with E-state index in [4.69, 9.17) is 0 Å². The third-order valence-electron chi connectivity index (χ3n) is 4.54. The molecule has 150 valence electrons. The van der Waals surface area contributed by atoms with Gasteiger partial charge in [-0.2, -0.15) is 0 Å². The van der Waals surface area contributed by atoms with Crippen LogP contribution in [0.1, 0.15) is 11.1 Å². The Morgan fingerprint density at radius 2 is 1.77 bits per heavy atom. The number of sulfonamides is 1. The fourth-order valence-corrected chi connectivity index (χ4v) is 4.45. The first-order valence-electron chi connectivity index (χ1n) is 9.19. The SMILES string of the molecule is Cc1ccc(S(=O)(=O)Nc2ccc(Br)cc2C=Nc2cccc3cccnc23)cc1. The zero-order valence-electron chi connectivity index (χ0n) is 16.1. The van der Waals surface area contributed by atoms with E-state index >= 15 is 0 Å². The second-order valence-corrected chi connectivity index (χ2v) is 9.36. The summed E-state index contributed by atoms with van der Waals surface area (Å²) in [5, 5.41) is 0.988. The van der Waals surface area contributed by atoms with E-state index in [9.17, 15) is 8.42 Å². The van der Waals surface area contributed by atoms with Crippen molar-refractivity contribution in [2.24, 2.45) is 4.99 Å². The zero-order chi connectivity index (χ0) is 21.1. The van der Waals surface area contributed by atoms with Crippen LogP contribution >= 0.6 is 15.9 Å². The van der Waals surface area contributed by atoms with Crippen molar-refractivity contribution < 1.29 is 8.42 Å². The molecule has 4 rings (SSSR count). The third kappa shape index (κ3) is 4.42. The smallest absolute Gasteiger partial charge is 0.261 e. The lowest BCUT2D eigenvalue weighted by atomic mass is 10.2. The molecule has 7 heteroatoms. The summed E-state index contributed by atoms with van der Waals surface area (Å²) in [4.78, 5) is 9.19. The number of pyridine rings is 1. The molecule has 0 aliphatic rings. The van der Waals surface area contributed by atoms with E-state index in [1.807, 2.05) is 43.3 Å². The summed E-state index contributed by atoms with van der Waals surface area (Å²) in [6, 6.07) is 21.6. The Bertz CT molecular complexity index is 1350. The van der Waals surface area contributed by atoms with Crippen molar-refractivity contribution >= 4 is 54.4 Å². The Morgan fingerprint density at radius 1 is 1.00 bits per heavy atom. The molecule has 5 nitrogen and oxygen atoms in total. The van der Waals surface area contributed by atoms with Crippen molar-refractivity contribution in [2.45, 2.75) is 11.8 Å². The largest absolute Gasteiger partial charge is 0.279 e. The quantitative estimate of drug-likeness (QED) is 0.364. The number of aromatic nitrogens is 1. The molecule has 0 saturated heterocycles. The van der Waals surface area contributed by atoms with E-state index in [-0.39, 0.29) is 4.90 Å². The van der Waals surface area contributed by atoms with Crippen LogP contribution in [0.25, 0.3) is 10.9 Å². The number of hydrogen-bond acceptors (Lipinski definition) is 4. The minimum atomic E-state index is -3.72. The van der Waals surface area contributed by atoms with Crippen molar-refractivity contribution in [1.82, 2.24) is 4.98 Å². The van der Waals surface area contributed by atoms with Crippen LogP contribution in [0, 0.1) is 6.92 Å². The van der Waals surface area contributed by atoms with E-state index in [0.29, 0.717) is 16.9 Å². The van der Waals surface area contributed by atoms with Gasteiger partial charge >= 0.3 is 0 Å². The summed E-state index contributed by atoms with van der Waals surface area (Å²) in [6.07, 6.45) is 3.36. The van der Waals surface area contributed by atoms with Gasteiger partial charge in [0.15, 0.2) is 0 Å². The lowest BCUT2D eigenvalue weighted by Crippen LogP contribution is -2.14. The molecule has 4 aromatic rings. The molecule has 1 N–H and O–H groups in total. The summed E-state index contributed by atoms with van der Waals surface area (Å²) in [7, 11) is -3.72. The van der Waals surface area contributed by atoms with Crippen molar-refractivity contribution in [3.63, 3.8) is 0 Å². The minimum absolute atomic E-state index is 0.206. The first-order valence-corrected chi connectivity index (χ1v) is 11.5. The van der Waals surface area contributed by atoms with Gasteiger partial charge in [0.1, 0.15) is 0 Å². The van der Waals surface area contributed by atoms with Crippen molar-refractivity contribution in [3.05, 3.63) is 94.6 Å². The Balaban J connectivity index is 1.70. The number of hydrogen-bond donors (Lipinski definition) is 1. The Morgan fingerprint density at radius 3 is 2.57 bits per heavy atom. The number of aryl methyl sites for hydroxylation is 1. The Hall–Kier alpha value is -3.03. The average molecular weight is 480 g/mol. The van der Waals surface area contributed by atoms with Crippen LogP contribution in [0.3, 0.4) is 0 Å². The van der Waals surface area contributed by atoms with Gasteiger partial charge in [0.05, 0.1) is 21.8 Å². The summed E-state index contributed by atoms with van der Waals surface area (Å²) < 4.78 is 29.1. The fourth-order valence-electron chi connectivity index (χ4n) is 2.99. The molecule has 0 spiro atoms. The molecule has 0 unspecified atom stereocenters. The van der Waals surface area contributed by atoms with Gasteiger partial charge in [-0.25, -0.2) is 8.42 Å². The molecule has 3 aromatic carbocycles. The number of anilines is 1. The number of benzene rings is 3. The zero-order valence-corrected chi connectivity index (χ0v) is 18.5. The van der Waals surface area contributed by atoms with Crippen molar-refractivity contribution in [3.8, 4) is 0 Å². The maximum atomic E-state index is 12.8. The number of fused-ring (bicyclic) bond motifs is 1. The molecule has 1 aromatic heterocycles. The van der Waals surface area contributed by atoms with Gasteiger partial charge in [0.25, 0.3) is 10.0 Å².